The molecule has 4 atom stereocenters. The lowest BCUT2D eigenvalue weighted by Gasteiger charge is -2.47. The molecule has 18 heteroatoms. The van der Waals surface area contributed by atoms with Crippen molar-refractivity contribution >= 4 is 63.6 Å². The normalized spacial score (nSPS) is 23.9. The van der Waals surface area contributed by atoms with E-state index in [9.17, 15) is 78.3 Å². The van der Waals surface area contributed by atoms with E-state index in [0.717, 1.165) is 0 Å². The van der Waals surface area contributed by atoms with E-state index < -0.39 is 177 Å². The van der Waals surface area contributed by atoms with E-state index in [1.54, 1.807) is 111 Å². The first-order valence-corrected chi connectivity index (χ1v) is 33.0. The van der Waals surface area contributed by atoms with Crippen LogP contribution in [-0.4, -0.2) is 89.1 Å². The third kappa shape index (κ3) is 10.2. The Hall–Kier alpha value is -7.37. The minimum Gasteiger partial charge on any atom is -0.511 e. The number of fused-ring (bicyclic) bond motifs is 2. The summed E-state index contributed by atoms with van der Waals surface area (Å²) in [7, 11) is 0. The van der Waals surface area contributed by atoms with Gasteiger partial charge in [0.15, 0.2) is 63.6 Å². The topological polar surface area (TPSA) is 307 Å². The van der Waals surface area contributed by atoms with Crippen molar-refractivity contribution in [1.29, 1.82) is 0 Å². The quantitative estimate of drug-likeness (QED) is 0.0974. The van der Waals surface area contributed by atoms with Gasteiger partial charge in [-0.2, -0.15) is 0 Å². The van der Waals surface area contributed by atoms with Gasteiger partial charge in [-0.1, -0.05) is 83.1 Å². The molecular formula is C76H100O18. The van der Waals surface area contributed by atoms with E-state index >= 15 is 0 Å². The number of carbonyl (C=O) groups is 11. The average molecular weight is 1300 g/mol. The standard InChI is InChI=1S/2C38H50O9/c2*1-15(2)18(22-29(42)35(7,8)33(45)36(9,10)30(22)43)20-26(40)21-19(16(3)4)23-31(44)37(11,12)34(46)38(13,14)32(23)47-28(21)24(27(20)41)25(39)17(5)6/h15-19,40-42H,1-14H3;15-19,22,40-41H,1-14H3. The molecule has 0 amide bonds. The average Bonchev–Trinajstić information content (AvgIpc) is 0.704. The molecule has 18 nitrogen and oxygen atoms in total. The van der Waals surface area contributed by atoms with Crippen LogP contribution in [0.1, 0.15) is 261 Å². The number of Topliss-reactive ketones (excluding diaryl/α,β-unsaturated/α-hetero) is 11. The van der Waals surface area contributed by atoms with E-state index in [-0.39, 0.29) is 96.5 Å². The van der Waals surface area contributed by atoms with Gasteiger partial charge in [0.1, 0.15) is 62.9 Å². The molecule has 0 aromatic heterocycles. The predicted octanol–water partition coefficient (Wildman–Crippen LogP) is 13.9. The zero-order valence-electron chi connectivity index (χ0n) is 60.4. The number of hydrogen-bond acceptors (Lipinski definition) is 18. The fourth-order valence-electron chi connectivity index (χ4n) is 16.2. The summed E-state index contributed by atoms with van der Waals surface area (Å²) in [6.45, 7) is 45.7. The number of hydrogen-bond donors (Lipinski definition) is 5. The molecule has 1 fully saturated rings. The van der Waals surface area contributed by atoms with Crippen LogP contribution in [0.5, 0.6) is 34.5 Å². The van der Waals surface area contributed by atoms with Gasteiger partial charge in [-0.05, 0) is 134 Å². The summed E-state index contributed by atoms with van der Waals surface area (Å²) < 4.78 is 12.8. The number of carbonyl (C=O) groups excluding carboxylic acids is 11. The number of phenolic OH excluding ortho intramolecular Hbond substituents is 4. The van der Waals surface area contributed by atoms with Crippen molar-refractivity contribution < 1.29 is 87.7 Å². The number of ketones is 11. The number of allylic oxidation sites excluding steroid dienone is 6. The highest BCUT2D eigenvalue weighted by molar-refractivity contribution is 6.29. The van der Waals surface area contributed by atoms with Crippen LogP contribution >= 0.6 is 0 Å². The molecule has 0 bridgehead atoms. The maximum atomic E-state index is 14.2. The summed E-state index contributed by atoms with van der Waals surface area (Å²) in [5.74, 6) is -17.1. The van der Waals surface area contributed by atoms with Crippen molar-refractivity contribution in [2.75, 3.05) is 0 Å². The molecule has 6 aliphatic rings. The second kappa shape index (κ2) is 23.2. The summed E-state index contributed by atoms with van der Waals surface area (Å²) in [6.07, 6.45) is 0. The maximum absolute atomic E-state index is 14.2. The van der Waals surface area contributed by atoms with Gasteiger partial charge in [0.2, 0.25) is 0 Å². The number of phenols is 4. The van der Waals surface area contributed by atoms with Crippen LogP contribution < -0.4 is 9.47 Å². The highest BCUT2D eigenvalue weighted by atomic mass is 16.5. The molecule has 0 radical (unpaired) electrons. The van der Waals surface area contributed by atoms with Gasteiger partial charge in [-0.15, -0.1) is 0 Å². The smallest absolute Gasteiger partial charge is 0.175 e. The van der Waals surface area contributed by atoms with E-state index in [0.29, 0.717) is 0 Å². The Bertz CT molecular complexity index is 3850. The first kappa shape index (κ1) is 74.0. The van der Waals surface area contributed by atoms with Crippen molar-refractivity contribution in [2.45, 2.75) is 218 Å². The first-order chi connectivity index (χ1) is 42.4. The molecule has 4 aliphatic carbocycles. The second-order valence-corrected chi connectivity index (χ2v) is 33.4. The fraction of sp³-hybridized carbons (Fsp3) is 0.618. The number of benzene rings is 2. The number of rotatable bonds is 12. The highest BCUT2D eigenvalue weighted by Gasteiger charge is 2.64. The summed E-state index contributed by atoms with van der Waals surface area (Å²) in [5, 5.41) is 60.6. The van der Waals surface area contributed by atoms with E-state index in [2.05, 4.69) is 0 Å². The molecule has 0 spiro atoms. The van der Waals surface area contributed by atoms with Gasteiger partial charge in [-0.25, -0.2) is 0 Å². The number of aliphatic hydroxyl groups excluding tert-OH is 1. The Morgan fingerprint density at radius 2 is 0.681 bits per heavy atom. The zero-order valence-corrected chi connectivity index (χ0v) is 60.4. The van der Waals surface area contributed by atoms with Crippen molar-refractivity contribution in [3.63, 3.8) is 0 Å². The molecular weight excluding hydrogens is 1200 g/mol. The van der Waals surface area contributed by atoms with Crippen LogP contribution in [0.3, 0.4) is 0 Å². The largest absolute Gasteiger partial charge is 0.511 e. The van der Waals surface area contributed by atoms with Crippen LogP contribution in [0.2, 0.25) is 0 Å². The summed E-state index contributed by atoms with van der Waals surface area (Å²) >= 11 is 0. The molecule has 2 aromatic rings. The summed E-state index contributed by atoms with van der Waals surface area (Å²) in [5.41, 5.74) is -11.8. The Morgan fingerprint density at radius 3 is 1.00 bits per heavy atom. The van der Waals surface area contributed by atoms with Gasteiger partial charge in [0.05, 0.1) is 49.2 Å². The van der Waals surface area contributed by atoms with Gasteiger partial charge in [-0.3, -0.25) is 52.7 Å². The lowest BCUT2D eigenvalue weighted by Crippen LogP contribution is -2.59. The Balaban J connectivity index is 0.000000266. The SMILES string of the molecule is CC(C)C(=O)c1c(O)c(C(C(C)C)C2C(=O)C(C)(C)C(=O)C(C)(C)C2=O)c(O)c2c1OC1=C(C(=O)C(C)(C)C(=O)C1(C)C)C2C(C)C.CC(C)C(=O)c1c(O)c(C(C2=C(O)C(C)(C)C(=O)C(C)(C)C2=O)C(C)C)c(O)c2c1OC1=C(C(=O)C(C)(C)C(=O)C1(C)C)C2C(C)C. The Labute approximate surface area is 553 Å². The zero-order chi connectivity index (χ0) is 72.5. The minimum atomic E-state index is -1.53. The minimum absolute atomic E-state index is 0.0717. The number of aromatic hydroxyl groups is 4. The lowest BCUT2D eigenvalue weighted by atomic mass is 9.54. The molecule has 5 N–H and O–H groups in total. The summed E-state index contributed by atoms with van der Waals surface area (Å²) in [6, 6.07) is 0. The van der Waals surface area contributed by atoms with Gasteiger partial charge in [0.25, 0.3) is 0 Å². The van der Waals surface area contributed by atoms with Crippen LogP contribution in [0.25, 0.3) is 0 Å². The van der Waals surface area contributed by atoms with Crippen molar-refractivity contribution in [3.05, 3.63) is 67.4 Å². The lowest BCUT2D eigenvalue weighted by molar-refractivity contribution is -0.161. The monoisotopic (exact) mass is 1300 g/mol. The molecule has 2 aliphatic heterocycles. The van der Waals surface area contributed by atoms with Crippen LogP contribution in [0.4, 0.5) is 0 Å². The number of aliphatic hydroxyl groups is 1. The van der Waals surface area contributed by atoms with Gasteiger partial charge >= 0.3 is 0 Å². The fourth-order valence-corrected chi connectivity index (χ4v) is 16.2. The molecule has 4 unspecified atom stereocenters. The van der Waals surface area contributed by atoms with Crippen molar-refractivity contribution in [1.82, 2.24) is 0 Å². The van der Waals surface area contributed by atoms with Crippen molar-refractivity contribution in [2.24, 2.45) is 84.7 Å². The molecule has 512 valence electrons. The second-order valence-electron chi connectivity index (χ2n) is 33.4. The van der Waals surface area contributed by atoms with Crippen LogP contribution in [0, 0.1) is 84.7 Å². The third-order valence-electron chi connectivity index (χ3n) is 21.4. The Morgan fingerprint density at radius 1 is 0.372 bits per heavy atom. The summed E-state index contributed by atoms with van der Waals surface area (Å²) in [4.78, 5) is 153. The molecule has 2 heterocycles. The maximum Gasteiger partial charge on any atom is 0.175 e. The van der Waals surface area contributed by atoms with Gasteiger partial charge < -0.3 is 35.0 Å². The van der Waals surface area contributed by atoms with Crippen LogP contribution in [-0.2, 0) is 43.2 Å². The van der Waals surface area contributed by atoms with Gasteiger partial charge in [0, 0.05) is 74.5 Å². The van der Waals surface area contributed by atoms with E-state index in [1.807, 2.05) is 27.7 Å². The third-order valence-corrected chi connectivity index (χ3v) is 21.4. The van der Waals surface area contributed by atoms with E-state index in [1.165, 1.54) is 55.4 Å². The van der Waals surface area contributed by atoms with E-state index in [4.69, 9.17) is 9.47 Å². The van der Waals surface area contributed by atoms with Crippen molar-refractivity contribution in [3.8, 4) is 34.5 Å². The van der Waals surface area contributed by atoms with Crippen LogP contribution in [0.15, 0.2) is 34.0 Å². The highest BCUT2D eigenvalue weighted by Crippen LogP contribution is 2.65. The Kier molecular flexibility index (Phi) is 18.3. The molecule has 2 aromatic carbocycles. The molecule has 0 saturated heterocycles. The first-order valence-electron chi connectivity index (χ1n) is 33.0. The molecule has 8 rings (SSSR count). The number of ether oxygens (including phenoxy) is 2. The molecule has 1 saturated carbocycles. The molecule has 94 heavy (non-hydrogen) atoms. The predicted molar refractivity (Wildman–Crippen MR) is 352 cm³/mol.